The molecule has 4 rings (SSSR count). The van der Waals surface area contributed by atoms with Gasteiger partial charge < -0.3 is 0 Å². The van der Waals surface area contributed by atoms with Crippen LogP contribution in [0.5, 0.6) is 0 Å². The number of carbonyl (C=O) groups is 1. The molecule has 0 unspecified atom stereocenters. The van der Waals surface area contributed by atoms with E-state index in [1.165, 1.54) is 11.3 Å². The zero-order valence-corrected chi connectivity index (χ0v) is 19.6. The van der Waals surface area contributed by atoms with Crippen LogP contribution in [0.15, 0.2) is 47.4 Å². The molecule has 1 amide bonds. The summed E-state index contributed by atoms with van der Waals surface area (Å²) in [6, 6.07) is 12.5. The third-order valence-electron chi connectivity index (χ3n) is 5.55. The highest BCUT2D eigenvalue weighted by Crippen LogP contribution is 2.30. The van der Waals surface area contributed by atoms with Gasteiger partial charge in [0, 0.05) is 18.7 Å². The molecule has 0 radical (unpaired) electrons. The van der Waals surface area contributed by atoms with Crippen molar-refractivity contribution >= 4 is 42.6 Å². The van der Waals surface area contributed by atoms with E-state index in [0.29, 0.717) is 29.3 Å². The lowest BCUT2D eigenvalue weighted by molar-refractivity contribution is 0.102. The van der Waals surface area contributed by atoms with E-state index in [9.17, 15) is 13.2 Å². The molecule has 0 atom stereocenters. The second-order valence-electron chi connectivity index (χ2n) is 8.89. The predicted octanol–water partition coefficient (Wildman–Crippen LogP) is 5.02. The van der Waals surface area contributed by atoms with Gasteiger partial charge in [-0.3, -0.25) is 10.1 Å². The van der Waals surface area contributed by atoms with Gasteiger partial charge in [0.15, 0.2) is 5.13 Å². The summed E-state index contributed by atoms with van der Waals surface area (Å²) in [6.07, 6.45) is 2.87. The van der Waals surface area contributed by atoms with Gasteiger partial charge in [0.2, 0.25) is 10.0 Å². The molecule has 1 fully saturated rings. The minimum atomic E-state index is -3.50. The van der Waals surface area contributed by atoms with Crippen molar-refractivity contribution in [2.24, 2.45) is 0 Å². The van der Waals surface area contributed by atoms with Gasteiger partial charge in [0.25, 0.3) is 5.91 Å². The number of piperidine rings is 1. The Labute approximate surface area is 187 Å². The third-order valence-corrected chi connectivity index (χ3v) is 8.37. The van der Waals surface area contributed by atoms with E-state index in [-0.39, 0.29) is 16.2 Å². The Morgan fingerprint density at radius 2 is 1.71 bits per heavy atom. The summed E-state index contributed by atoms with van der Waals surface area (Å²) in [5, 5.41) is 3.29. The first kappa shape index (κ1) is 21.9. The van der Waals surface area contributed by atoms with Crippen LogP contribution in [0.1, 0.15) is 56.0 Å². The summed E-state index contributed by atoms with van der Waals surface area (Å²) in [5.74, 6) is -0.235. The van der Waals surface area contributed by atoms with Crippen molar-refractivity contribution in [3.8, 4) is 0 Å². The highest BCUT2D eigenvalue weighted by Gasteiger charge is 2.26. The number of fused-ring (bicyclic) bond motifs is 1. The minimum Gasteiger partial charge on any atom is -0.298 e. The topological polar surface area (TPSA) is 79.4 Å². The van der Waals surface area contributed by atoms with E-state index in [0.717, 1.165) is 29.5 Å². The largest absolute Gasteiger partial charge is 0.298 e. The fraction of sp³-hybridized carbons (Fsp3) is 0.391. The van der Waals surface area contributed by atoms with E-state index in [1.54, 1.807) is 22.5 Å². The number of sulfonamides is 1. The summed E-state index contributed by atoms with van der Waals surface area (Å²) >= 11 is 1.28. The normalized spacial score (nSPS) is 15.8. The van der Waals surface area contributed by atoms with Crippen LogP contribution in [0, 0.1) is 0 Å². The Kier molecular flexibility index (Phi) is 5.89. The lowest BCUT2D eigenvalue weighted by Gasteiger charge is -2.25. The predicted molar refractivity (Wildman–Crippen MR) is 125 cm³/mol. The van der Waals surface area contributed by atoms with Crippen LogP contribution in [0.25, 0.3) is 10.2 Å². The molecule has 0 saturated carbocycles. The molecule has 1 aliphatic heterocycles. The lowest BCUT2D eigenvalue weighted by atomic mass is 9.87. The van der Waals surface area contributed by atoms with E-state index in [1.807, 2.05) is 24.3 Å². The van der Waals surface area contributed by atoms with Gasteiger partial charge in [-0.1, -0.05) is 50.7 Å². The van der Waals surface area contributed by atoms with Crippen molar-refractivity contribution in [2.45, 2.75) is 50.3 Å². The number of benzene rings is 2. The number of aromatic nitrogens is 1. The lowest BCUT2D eigenvalue weighted by Crippen LogP contribution is -2.35. The first-order chi connectivity index (χ1) is 14.6. The first-order valence-corrected chi connectivity index (χ1v) is 12.7. The Morgan fingerprint density at radius 1 is 1.03 bits per heavy atom. The summed E-state index contributed by atoms with van der Waals surface area (Å²) in [5.41, 5.74) is 2.40. The molecule has 1 saturated heterocycles. The Bertz CT molecular complexity index is 1200. The Hall–Kier alpha value is -2.29. The number of amides is 1. The molecule has 0 spiro atoms. The molecule has 2 heterocycles. The first-order valence-electron chi connectivity index (χ1n) is 10.5. The van der Waals surface area contributed by atoms with Crippen LogP contribution in [0.2, 0.25) is 0 Å². The SMILES string of the molecule is CC(C)(C)c1ccc(C(=O)Nc2nc3ccc(S(=O)(=O)N4CCCCC4)cc3s2)cc1. The van der Waals surface area contributed by atoms with E-state index < -0.39 is 10.0 Å². The van der Waals surface area contributed by atoms with Gasteiger partial charge in [0.05, 0.1) is 15.1 Å². The van der Waals surface area contributed by atoms with Gasteiger partial charge in [-0.25, -0.2) is 13.4 Å². The van der Waals surface area contributed by atoms with Crippen molar-refractivity contribution in [3.63, 3.8) is 0 Å². The number of anilines is 1. The van der Waals surface area contributed by atoms with Crippen LogP contribution < -0.4 is 5.32 Å². The number of rotatable bonds is 4. The highest BCUT2D eigenvalue weighted by molar-refractivity contribution is 7.89. The number of nitrogens with zero attached hydrogens (tertiary/aromatic N) is 2. The standard InChI is InChI=1S/C23H27N3O3S2/c1-23(2,3)17-9-7-16(8-10-17)21(27)25-22-24-19-12-11-18(15-20(19)30-22)31(28,29)26-13-5-4-6-14-26/h7-12,15H,4-6,13-14H2,1-3H3,(H,24,25,27). The number of hydrogen-bond acceptors (Lipinski definition) is 5. The average molecular weight is 458 g/mol. The Balaban J connectivity index is 1.53. The van der Waals surface area contributed by atoms with Crippen LogP contribution in [-0.2, 0) is 15.4 Å². The van der Waals surface area contributed by atoms with Crippen LogP contribution in [0.4, 0.5) is 5.13 Å². The van der Waals surface area contributed by atoms with Gasteiger partial charge in [0.1, 0.15) is 0 Å². The molecule has 3 aromatic rings. The molecule has 2 aromatic carbocycles. The van der Waals surface area contributed by atoms with Gasteiger partial charge in [-0.15, -0.1) is 0 Å². The number of thiazole rings is 1. The highest BCUT2D eigenvalue weighted by atomic mass is 32.2. The van der Waals surface area contributed by atoms with Crippen LogP contribution in [0.3, 0.4) is 0 Å². The molecule has 6 nitrogen and oxygen atoms in total. The molecule has 31 heavy (non-hydrogen) atoms. The van der Waals surface area contributed by atoms with Crippen LogP contribution in [-0.4, -0.2) is 36.7 Å². The summed E-state index contributed by atoms with van der Waals surface area (Å²) in [4.78, 5) is 17.4. The molecule has 1 aliphatic rings. The summed E-state index contributed by atoms with van der Waals surface area (Å²) in [7, 11) is -3.50. The monoisotopic (exact) mass is 457 g/mol. The maximum absolute atomic E-state index is 12.9. The molecule has 164 valence electrons. The van der Waals surface area contributed by atoms with E-state index >= 15 is 0 Å². The van der Waals surface area contributed by atoms with Gasteiger partial charge in [-0.05, 0) is 54.2 Å². The molecule has 1 aromatic heterocycles. The molecule has 0 aliphatic carbocycles. The van der Waals surface area contributed by atoms with E-state index in [4.69, 9.17) is 0 Å². The molecule has 0 bridgehead atoms. The van der Waals surface area contributed by atoms with Crippen molar-refractivity contribution in [1.29, 1.82) is 0 Å². The summed E-state index contributed by atoms with van der Waals surface area (Å²) < 4.78 is 28.2. The molecule has 8 heteroatoms. The van der Waals surface area contributed by atoms with Gasteiger partial charge >= 0.3 is 0 Å². The van der Waals surface area contributed by atoms with Crippen LogP contribution >= 0.6 is 11.3 Å². The maximum Gasteiger partial charge on any atom is 0.257 e. The zero-order chi connectivity index (χ0) is 22.2. The van der Waals surface area contributed by atoms with E-state index in [2.05, 4.69) is 31.1 Å². The second kappa shape index (κ2) is 8.33. The molecular formula is C23H27N3O3S2. The number of nitrogens with one attached hydrogen (secondary N) is 1. The fourth-order valence-electron chi connectivity index (χ4n) is 3.66. The molecule has 1 N–H and O–H groups in total. The molecular weight excluding hydrogens is 430 g/mol. The van der Waals surface area contributed by atoms with Crippen molar-refractivity contribution < 1.29 is 13.2 Å². The van der Waals surface area contributed by atoms with Gasteiger partial charge in [-0.2, -0.15) is 4.31 Å². The zero-order valence-electron chi connectivity index (χ0n) is 18.0. The third kappa shape index (κ3) is 4.66. The van der Waals surface area contributed by atoms with Crippen molar-refractivity contribution in [3.05, 3.63) is 53.6 Å². The minimum absolute atomic E-state index is 0.0221. The average Bonchev–Trinajstić information content (AvgIpc) is 3.15. The summed E-state index contributed by atoms with van der Waals surface area (Å²) in [6.45, 7) is 7.52. The van der Waals surface area contributed by atoms with Crippen molar-refractivity contribution in [1.82, 2.24) is 9.29 Å². The smallest absolute Gasteiger partial charge is 0.257 e. The number of carbonyl (C=O) groups excluding carboxylic acids is 1. The van der Waals surface area contributed by atoms with Crippen molar-refractivity contribution in [2.75, 3.05) is 18.4 Å². The maximum atomic E-state index is 12.9. The second-order valence-corrected chi connectivity index (χ2v) is 11.9. The number of hydrogen-bond donors (Lipinski definition) is 1. The fourth-order valence-corrected chi connectivity index (χ4v) is 6.18. The quantitative estimate of drug-likeness (QED) is 0.597. The Morgan fingerprint density at radius 3 is 2.35 bits per heavy atom.